The summed E-state index contributed by atoms with van der Waals surface area (Å²) in [4.78, 5) is 0. The maximum atomic E-state index is 10.8. The highest BCUT2D eigenvalue weighted by Gasteiger charge is 2.39. The van der Waals surface area contributed by atoms with Gasteiger partial charge in [-0.3, -0.25) is 4.18 Å². The molecule has 0 spiro atoms. The van der Waals surface area contributed by atoms with Crippen LogP contribution >= 0.6 is 0 Å². The topological polar surface area (TPSA) is 94.1 Å². The van der Waals surface area contributed by atoms with Crippen molar-refractivity contribution >= 4 is 10.4 Å². The highest BCUT2D eigenvalue weighted by molar-refractivity contribution is 7.80. The molecule has 9 heteroatoms. The quantitative estimate of drug-likeness (QED) is 0.230. The fourth-order valence-electron chi connectivity index (χ4n) is 4.50. The van der Waals surface area contributed by atoms with Crippen molar-refractivity contribution in [1.82, 2.24) is 0 Å². The van der Waals surface area contributed by atoms with Crippen LogP contribution in [0.3, 0.4) is 0 Å². The van der Waals surface area contributed by atoms with Crippen molar-refractivity contribution in [2.24, 2.45) is 0 Å². The second-order valence-electron chi connectivity index (χ2n) is 8.23. The standard InChI is InChI=1S/C23H31NO7S/c1-24(11-5-13-31-32(25,26)27)12-10-18-15-22(29-3)23(30-4)16-20(18)21(24)14-17-6-8-19(28-2)9-7-17/h6-9,15-16,21H,5,10-14H2,1-4H3. The molecule has 0 saturated carbocycles. The van der Waals surface area contributed by atoms with Gasteiger partial charge in [-0.25, -0.2) is 8.42 Å². The van der Waals surface area contributed by atoms with E-state index in [4.69, 9.17) is 14.2 Å². The van der Waals surface area contributed by atoms with Crippen LogP contribution in [-0.4, -0.2) is 65.5 Å². The molecule has 8 nitrogen and oxygen atoms in total. The average molecular weight is 466 g/mol. The number of nitrogens with zero attached hydrogens (tertiary/aromatic N) is 1. The summed E-state index contributed by atoms with van der Waals surface area (Å²) in [6.45, 7) is 1.42. The van der Waals surface area contributed by atoms with Crippen LogP contribution in [-0.2, 0) is 27.4 Å². The van der Waals surface area contributed by atoms with Crippen LogP contribution in [0.25, 0.3) is 0 Å². The third-order valence-corrected chi connectivity index (χ3v) is 6.73. The number of fused-ring (bicyclic) bond motifs is 1. The van der Waals surface area contributed by atoms with E-state index in [0.29, 0.717) is 28.9 Å². The van der Waals surface area contributed by atoms with Crippen LogP contribution in [0.4, 0.5) is 0 Å². The monoisotopic (exact) mass is 465 g/mol. The lowest BCUT2D eigenvalue weighted by atomic mass is 9.86. The van der Waals surface area contributed by atoms with Crippen molar-refractivity contribution in [3.05, 3.63) is 53.1 Å². The summed E-state index contributed by atoms with van der Waals surface area (Å²) in [7, 11) is 2.39. The predicted molar refractivity (Wildman–Crippen MR) is 119 cm³/mol. The Balaban J connectivity index is 1.93. The summed E-state index contributed by atoms with van der Waals surface area (Å²) < 4.78 is 53.9. The zero-order valence-corrected chi connectivity index (χ0v) is 19.8. The molecule has 3 rings (SSSR count). The molecule has 0 amide bonds. The second kappa shape index (κ2) is 10.1. The SMILES string of the molecule is COc1ccc(CC2c3cc(OC)c(OC)cc3CC[N+]2(C)CCCOS(=O)(=O)[O-])cc1. The molecule has 0 bridgehead atoms. The lowest BCUT2D eigenvalue weighted by Crippen LogP contribution is -2.52. The Hall–Kier alpha value is -2.33. The van der Waals surface area contributed by atoms with Gasteiger partial charge in [-0.2, -0.15) is 0 Å². The van der Waals surface area contributed by atoms with Crippen LogP contribution in [0.5, 0.6) is 17.2 Å². The van der Waals surface area contributed by atoms with Crippen molar-refractivity contribution in [2.75, 3.05) is 48.1 Å². The molecule has 32 heavy (non-hydrogen) atoms. The minimum atomic E-state index is -4.68. The van der Waals surface area contributed by atoms with Gasteiger partial charge in [0.25, 0.3) is 0 Å². The summed E-state index contributed by atoms with van der Waals surface area (Å²) in [5.74, 6) is 2.19. The lowest BCUT2D eigenvalue weighted by molar-refractivity contribution is -0.941. The predicted octanol–water partition coefficient (Wildman–Crippen LogP) is 2.87. The Bertz CT molecular complexity index is 1020. The van der Waals surface area contributed by atoms with Gasteiger partial charge in [0.1, 0.15) is 11.8 Å². The largest absolute Gasteiger partial charge is 0.726 e. The van der Waals surface area contributed by atoms with E-state index in [1.165, 1.54) is 16.7 Å². The minimum absolute atomic E-state index is 0.107. The number of methoxy groups -OCH3 is 3. The van der Waals surface area contributed by atoms with Crippen molar-refractivity contribution in [1.29, 1.82) is 0 Å². The molecule has 2 atom stereocenters. The summed E-state index contributed by atoms with van der Waals surface area (Å²) in [5.41, 5.74) is 3.57. The third kappa shape index (κ3) is 5.72. The normalized spacial score (nSPS) is 20.5. The lowest BCUT2D eigenvalue weighted by Gasteiger charge is -2.46. The smallest absolute Gasteiger partial charge is 0.217 e. The summed E-state index contributed by atoms with van der Waals surface area (Å²) in [5, 5.41) is 0. The van der Waals surface area contributed by atoms with Crippen molar-refractivity contribution in [2.45, 2.75) is 25.3 Å². The van der Waals surface area contributed by atoms with Gasteiger partial charge in [0.15, 0.2) is 11.5 Å². The number of quaternary nitrogens is 1. The van der Waals surface area contributed by atoms with E-state index < -0.39 is 10.4 Å². The van der Waals surface area contributed by atoms with Crippen molar-refractivity contribution in [3.8, 4) is 17.2 Å². The van der Waals surface area contributed by atoms with Crippen LogP contribution < -0.4 is 14.2 Å². The van der Waals surface area contributed by atoms with Gasteiger partial charge in [0.2, 0.25) is 10.4 Å². The van der Waals surface area contributed by atoms with E-state index in [1.54, 1.807) is 21.3 Å². The van der Waals surface area contributed by atoms with Crippen LogP contribution in [0.15, 0.2) is 36.4 Å². The summed E-state index contributed by atoms with van der Waals surface area (Å²) in [6, 6.07) is 12.2. The first-order valence-corrected chi connectivity index (χ1v) is 11.8. The zero-order valence-electron chi connectivity index (χ0n) is 19.0. The van der Waals surface area contributed by atoms with E-state index in [-0.39, 0.29) is 12.6 Å². The van der Waals surface area contributed by atoms with Crippen LogP contribution in [0, 0.1) is 0 Å². The summed E-state index contributed by atoms with van der Waals surface area (Å²) >= 11 is 0. The van der Waals surface area contributed by atoms with Crippen LogP contribution in [0.1, 0.15) is 29.2 Å². The molecule has 176 valence electrons. The van der Waals surface area contributed by atoms with E-state index >= 15 is 0 Å². The Morgan fingerprint density at radius 1 is 1.03 bits per heavy atom. The van der Waals surface area contributed by atoms with Gasteiger partial charge in [-0.15, -0.1) is 0 Å². The number of likely N-dealkylation sites (N-methyl/N-ethyl adjacent to an activating group) is 1. The van der Waals surface area contributed by atoms with Crippen molar-refractivity contribution in [3.63, 3.8) is 0 Å². The second-order valence-corrected chi connectivity index (χ2v) is 9.29. The van der Waals surface area contributed by atoms with E-state index in [0.717, 1.165) is 25.1 Å². The molecule has 0 radical (unpaired) electrons. The van der Waals surface area contributed by atoms with Gasteiger partial charge >= 0.3 is 0 Å². The minimum Gasteiger partial charge on any atom is -0.726 e. The van der Waals surface area contributed by atoms with E-state index in [2.05, 4.69) is 29.4 Å². The number of rotatable bonds is 10. The number of benzene rings is 2. The molecule has 1 aliphatic heterocycles. The van der Waals surface area contributed by atoms with Crippen LogP contribution in [0.2, 0.25) is 0 Å². The fourth-order valence-corrected chi connectivity index (χ4v) is 4.82. The molecular formula is C23H31NO7S. The first kappa shape index (κ1) is 24.3. The molecular weight excluding hydrogens is 434 g/mol. The number of hydrogen-bond donors (Lipinski definition) is 0. The molecule has 0 N–H and O–H groups in total. The highest BCUT2D eigenvalue weighted by atomic mass is 32.3. The maximum absolute atomic E-state index is 10.8. The Morgan fingerprint density at radius 2 is 1.69 bits per heavy atom. The molecule has 0 aliphatic carbocycles. The van der Waals surface area contributed by atoms with Gasteiger partial charge in [0.05, 0.1) is 48.1 Å². The van der Waals surface area contributed by atoms with Gasteiger partial charge in [-0.1, -0.05) is 12.1 Å². The first-order valence-electron chi connectivity index (χ1n) is 10.5. The molecule has 0 aromatic heterocycles. The third-order valence-electron chi connectivity index (χ3n) is 6.28. The molecule has 2 aromatic rings. The number of ether oxygens (including phenoxy) is 3. The summed E-state index contributed by atoms with van der Waals surface area (Å²) in [6.07, 6.45) is 2.09. The van der Waals surface area contributed by atoms with Crippen molar-refractivity contribution < 1.29 is 35.8 Å². The Kier molecular flexibility index (Phi) is 7.66. The molecule has 0 fully saturated rings. The zero-order chi connectivity index (χ0) is 23.4. The fraction of sp³-hybridized carbons (Fsp3) is 0.478. The number of hydrogen-bond acceptors (Lipinski definition) is 7. The van der Waals surface area contributed by atoms with Gasteiger partial charge in [0, 0.05) is 24.8 Å². The molecule has 2 unspecified atom stereocenters. The molecule has 1 aliphatic rings. The highest BCUT2D eigenvalue weighted by Crippen LogP contribution is 2.42. The van der Waals surface area contributed by atoms with Gasteiger partial charge in [-0.05, 0) is 35.4 Å². The average Bonchev–Trinajstić information content (AvgIpc) is 2.78. The Morgan fingerprint density at radius 3 is 2.28 bits per heavy atom. The first-order chi connectivity index (χ1) is 15.2. The maximum Gasteiger partial charge on any atom is 0.217 e. The molecule has 0 saturated heterocycles. The Labute approximate surface area is 190 Å². The van der Waals surface area contributed by atoms with E-state index in [1.807, 2.05) is 18.2 Å². The van der Waals surface area contributed by atoms with Gasteiger partial charge < -0.3 is 23.2 Å². The molecule has 1 heterocycles. The van der Waals surface area contributed by atoms with E-state index in [9.17, 15) is 13.0 Å². The molecule has 2 aromatic carbocycles.